The lowest BCUT2D eigenvalue weighted by atomic mass is 10.3. The Hall–Kier alpha value is -3.60. The Morgan fingerprint density at radius 3 is 2.72 bits per heavy atom. The van der Waals surface area contributed by atoms with Crippen LogP contribution in [0.4, 0.5) is 14.5 Å². The fraction of sp³-hybridized carbons (Fsp3) is 0.370. The molecule has 0 aromatic carbocycles. The van der Waals surface area contributed by atoms with Crippen molar-refractivity contribution in [2.75, 3.05) is 11.3 Å². The summed E-state index contributed by atoms with van der Waals surface area (Å²) in [7, 11) is -4.70. The molecule has 4 aromatic rings. The molecule has 0 unspecified atom stereocenters. The van der Waals surface area contributed by atoms with E-state index in [0.717, 1.165) is 23.5 Å². The predicted octanol–water partition coefficient (Wildman–Crippen LogP) is 5.33. The van der Waals surface area contributed by atoms with Crippen LogP contribution in [0.25, 0.3) is 27.8 Å². The van der Waals surface area contributed by atoms with Crippen LogP contribution in [0, 0.1) is 0 Å². The number of rotatable bonds is 13. The van der Waals surface area contributed by atoms with Crippen LogP contribution in [0.1, 0.15) is 33.9 Å². The molecule has 0 spiro atoms. The molecule has 11 nitrogen and oxygen atoms in total. The molecule has 1 aliphatic rings. The summed E-state index contributed by atoms with van der Waals surface area (Å²) in [6, 6.07) is 4.09. The number of amides is 1. The Bertz CT molecular complexity index is 1780. The van der Waals surface area contributed by atoms with Crippen LogP contribution >= 0.6 is 11.3 Å². The fourth-order valence-electron chi connectivity index (χ4n) is 4.07. The Morgan fingerprint density at radius 2 is 2.00 bits per heavy atom. The third-order valence-electron chi connectivity index (χ3n) is 6.51. The van der Waals surface area contributed by atoms with E-state index in [0.29, 0.717) is 47.0 Å². The van der Waals surface area contributed by atoms with E-state index in [9.17, 15) is 22.0 Å². The number of ether oxygens (including phenoxy) is 1. The Labute approximate surface area is 252 Å². The van der Waals surface area contributed by atoms with Gasteiger partial charge in [-0.25, -0.2) is 23.4 Å². The van der Waals surface area contributed by atoms with Crippen molar-refractivity contribution in [3.63, 3.8) is 0 Å². The summed E-state index contributed by atoms with van der Waals surface area (Å²) >= 11 is 1.08. The number of aromatic nitrogens is 5. The van der Waals surface area contributed by atoms with Crippen molar-refractivity contribution < 1.29 is 26.7 Å². The molecule has 1 amide bonds. The van der Waals surface area contributed by atoms with E-state index in [2.05, 4.69) is 49.6 Å². The Kier molecular flexibility index (Phi) is 9.01. The number of carbonyl (C=O) groups excluding carboxylic acids is 1. The number of anilines is 1. The van der Waals surface area contributed by atoms with Gasteiger partial charge in [-0.1, -0.05) is 19.6 Å². The number of hydrogen-bond donors (Lipinski definition) is 2. The predicted molar refractivity (Wildman–Crippen MR) is 164 cm³/mol. The molecule has 4 aromatic heterocycles. The molecule has 16 heteroatoms. The molecule has 43 heavy (non-hydrogen) atoms. The maximum absolute atomic E-state index is 13.2. The smallest absolute Gasteiger partial charge is 0.280 e. The van der Waals surface area contributed by atoms with Gasteiger partial charge in [0, 0.05) is 44.9 Å². The molecular weight excluding hydrogens is 617 g/mol. The second-order valence-corrected chi connectivity index (χ2v) is 20.0. The SMILES string of the molecule is C[Si](C)(C)CCOCn1cc(C=C(F)F)c2nc(-c3cnc(C(=O)NCc4cc(NS(=O)(=O)C5CC5)ccn4)s3)cnc21. The highest BCUT2D eigenvalue weighted by Gasteiger charge is 2.35. The van der Waals surface area contributed by atoms with E-state index in [1.807, 2.05) is 0 Å². The molecule has 0 radical (unpaired) electrons. The largest absolute Gasteiger partial charge is 0.361 e. The van der Waals surface area contributed by atoms with Crippen LogP contribution in [-0.2, 0) is 28.0 Å². The number of sulfonamides is 1. The topological polar surface area (TPSA) is 141 Å². The van der Waals surface area contributed by atoms with Crippen LogP contribution in [0.3, 0.4) is 0 Å². The van der Waals surface area contributed by atoms with Crippen molar-refractivity contribution in [2.24, 2.45) is 0 Å². The van der Waals surface area contributed by atoms with Crippen molar-refractivity contribution >= 4 is 58.3 Å². The molecule has 0 aliphatic heterocycles. The van der Waals surface area contributed by atoms with Gasteiger partial charge in [-0.15, -0.1) is 11.3 Å². The first-order valence-corrected chi connectivity index (χ1v) is 19.6. The highest BCUT2D eigenvalue weighted by Crippen LogP contribution is 2.30. The van der Waals surface area contributed by atoms with E-state index in [4.69, 9.17) is 4.74 Å². The third-order valence-corrected chi connectivity index (χ3v) is 11.1. The van der Waals surface area contributed by atoms with Gasteiger partial charge in [-0.3, -0.25) is 14.5 Å². The summed E-state index contributed by atoms with van der Waals surface area (Å²) in [5.41, 5.74) is 2.11. The Morgan fingerprint density at radius 1 is 1.21 bits per heavy atom. The van der Waals surface area contributed by atoms with Gasteiger partial charge < -0.3 is 14.6 Å². The minimum absolute atomic E-state index is 0.0521. The molecule has 1 fully saturated rings. The molecule has 0 saturated heterocycles. The highest BCUT2D eigenvalue weighted by atomic mass is 32.2. The van der Waals surface area contributed by atoms with Crippen molar-refractivity contribution in [3.8, 4) is 10.6 Å². The molecule has 1 aliphatic carbocycles. The maximum Gasteiger partial charge on any atom is 0.280 e. The quantitative estimate of drug-likeness (QED) is 0.147. The second kappa shape index (κ2) is 12.6. The number of pyridine rings is 1. The number of nitrogens with one attached hydrogen (secondary N) is 2. The number of nitrogens with zero attached hydrogens (tertiary/aromatic N) is 5. The summed E-state index contributed by atoms with van der Waals surface area (Å²) in [4.78, 5) is 30.8. The average Bonchev–Trinajstić information content (AvgIpc) is 3.61. The molecule has 2 N–H and O–H groups in total. The summed E-state index contributed by atoms with van der Waals surface area (Å²) in [5, 5.41) is 2.53. The summed E-state index contributed by atoms with van der Waals surface area (Å²) < 4.78 is 60.9. The lowest BCUT2D eigenvalue weighted by Crippen LogP contribution is -2.23. The van der Waals surface area contributed by atoms with Crippen molar-refractivity contribution in [2.45, 2.75) is 57.1 Å². The van der Waals surface area contributed by atoms with Crippen molar-refractivity contribution in [1.29, 1.82) is 0 Å². The lowest BCUT2D eigenvalue weighted by molar-refractivity contribution is 0.0898. The van der Waals surface area contributed by atoms with Gasteiger partial charge in [0.2, 0.25) is 10.0 Å². The minimum Gasteiger partial charge on any atom is -0.361 e. The van der Waals surface area contributed by atoms with Crippen LogP contribution in [0.15, 0.2) is 43.0 Å². The molecule has 228 valence electrons. The molecule has 4 heterocycles. The zero-order valence-corrected chi connectivity index (χ0v) is 26.4. The summed E-state index contributed by atoms with van der Waals surface area (Å²) in [6.45, 7) is 7.51. The van der Waals surface area contributed by atoms with Gasteiger partial charge in [0.05, 0.1) is 34.2 Å². The number of thiazole rings is 1. The van der Waals surface area contributed by atoms with Gasteiger partial charge in [-0.05, 0) is 31.0 Å². The lowest BCUT2D eigenvalue weighted by Gasteiger charge is -2.15. The van der Waals surface area contributed by atoms with Gasteiger partial charge in [0.15, 0.2) is 10.7 Å². The standard InChI is InChI=1S/C27H31F2N7O4S2Si/c1-43(2,3)9-8-40-16-36-15-17(10-23(28)29)24-25(36)31-13-21(34-24)22-14-33-27(41-22)26(37)32-12-19-11-18(6-7-30-19)35-42(38,39)20-4-5-20/h6-7,10-11,13-15,20H,4-5,8-9,12,16H2,1-3H3,(H,30,35)(H,32,37). The van der Waals surface area contributed by atoms with E-state index >= 15 is 0 Å². The van der Waals surface area contributed by atoms with Crippen LogP contribution in [0.2, 0.25) is 25.7 Å². The van der Waals surface area contributed by atoms with E-state index in [1.165, 1.54) is 24.8 Å². The third kappa shape index (κ3) is 8.07. The highest BCUT2D eigenvalue weighted by molar-refractivity contribution is 7.93. The normalized spacial score (nSPS) is 13.7. The van der Waals surface area contributed by atoms with E-state index in [1.54, 1.807) is 16.7 Å². The summed E-state index contributed by atoms with van der Waals surface area (Å²) in [6.07, 6.45) is 6.16. The first-order valence-electron chi connectivity index (χ1n) is 13.6. The molecule has 1 saturated carbocycles. The summed E-state index contributed by atoms with van der Waals surface area (Å²) in [5.74, 6) is -0.458. The van der Waals surface area contributed by atoms with Gasteiger partial charge in [-0.2, -0.15) is 8.78 Å². The second-order valence-electron chi connectivity index (χ2n) is 11.4. The molecule has 0 bridgehead atoms. The van der Waals surface area contributed by atoms with Crippen molar-refractivity contribution in [3.05, 3.63) is 59.3 Å². The van der Waals surface area contributed by atoms with E-state index < -0.39 is 30.1 Å². The molecule has 0 atom stereocenters. The minimum atomic E-state index is -3.42. The first kappa shape index (κ1) is 30.8. The maximum atomic E-state index is 13.2. The first-order chi connectivity index (χ1) is 20.4. The average molecular weight is 648 g/mol. The van der Waals surface area contributed by atoms with Gasteiger partial charge in [0.1, 0.15) is 17.9 Å². The van der Waals surface area contributed by atoms with E-state index in [-0.39, 0.29) is 34.6 Å². The van der Waals surface area contributed by atoms with Gasteiger partial charge in [0.25, 0.3) is 12.0 Å². The molecular formula is C27H31F2N7O4S2Si. The number of carbonyl (C=O) groups is 1. The zero-order chi connectivity index (χ0) is 30.8. The fourth-order valence-corrected chi connectivity index (χ4v) is 6.99. The van der Waals surface area contributed by atoms with Crippen LogP contribution in [0.5, 0.6) is 0 Å². The number of hydrogen-bond acceptors (Lipinski definition) is 9. The van der Waals surface area contributed by atoms with Gasteiger partial charge >= 0.3 is 0 Å². The Balaban J connectivity index is 1.27. The zero-order valence-electron chi connectivity index (χ0n) is 23.8. The number of fused-ring (bicyclic) bond motifs is 1. The van der Waals surface area contributed by atoms with Crippen LogP contribution < -0.4 is 10.0 Å². The number of halogens is 2. The molecule has 5 rings (SSSR count). The van der Waals surface area contributed by atoms with Crippen LogP contribution in [-0.4, -0.2) is 58.8 Å². The van der Waals surface area contributed by atoms with Crippen molar-refractivity contribution in [1.82, 2.24) is 29.8 Å². The monoisotopic (exact) mass is 647 g/mol.